The van der Waals surface area contributed by atoms with Gasteiger partial charge in [-0.15, -0.1) is 0 Å². The molecule has 2 aromatic carbocycles. The van der Waals surface area contributed by atoms with Crippen molar-refractivity contribution < 1.29 is 19.4 Å². The van der Waals surface area contributed by atoms with E-state index < -0.39 is 5.97 Å². The SMILES string of the molecule is CCOC.CN1CCN(c2cccc(Cl)c2)CC1.Cc1ccc2c(c1)CCCN2C(=O)CCC(=O)O. The van der Waals surface area contributed by atoms with E-state index in [-0.39, 0.29) is 18.7 Å². The highest BCUT2D eigenvalue weighted by Crippen LogP contribution is 2.28. The summed E-state index contributed by atoms with van der Waals surface area (Å²) in [6, 6.07) is 14.1. The number of carboxylic acid groups (broad SMARTS) is 1. The predicted molar refractivity (Wildman–Crippen MR) is 147 cm³/mol. The van der Waals surface area contributed by atoms with Gasteiger partial charge in [0.25, 0.3) is 0 Å². The molecule has 0 aliphatic carbocycles. The summed E-state index contributed by atoms with van der Waals surface area (Å²) in [6.45, 7) is 9.95. The number of fused-ring (bicyclic) bond motifs is 1. The number of rotatable bonds is 5. The fraction of sp³-hybridized carbons (Fsp3) is 0.500. The Morgan fingerprint density at radius 2 is 1.72 bits per heavy atom. The number of piperazine rings is 1. The summed E-state index contributed by atoms with van der Waals surface area (Å²) in [7, 11) is 3.84. The van der Waals surface area contributed by atoms with Gasteiger partial charge in [-0.1, -0.05) is 35.4 Å². The highest BCUT2D eigenvalue weighted by molar-refractivity contribution is 6.30. The minimum Gasteiger partial charge on any atom is -0.481 e. The van der Waals surface area contributed by atoms with Gasteiger partial charge >= 0.3 is 5.97 Å². The summed E-state index contributed by atoms with van der Waals surface area (Å²) in [5, 5.41) is 9.44. The van der Waals surface area contributed by atoms with E-state index in [1.54, 1.807) is 12.0 Å². The number of hydrogen-bond donors (Lipinski definition) is 1. The van der Waals surface area contributed by atoms with E-state index in [0.29, 0.717) is 6.54 Å². The summed E-state index contributed by atoms with van der Waals surface area (Å²) >= 11 is 5.96. The quantitative estimate of drug-likeness (QED) is 0.609. The Kier molecular flexibility index (Phi) is 12.7. The molecule has 0 radical (unpaired) electrons. The summed E-state index contributed by atoms with van der Waals surface area (Å²) in [5.41, 5.74) is 4.56. The zero-order valence-corrected chi connectivity index (χ0v) is 22.8. The molecule has 7 nitrogen and oxygen atoms in total. The Morgan fingerprint density at radius 3 is 2.33 bits per heavy atom. The number of carboxylic acids is 1. The largest absolute Gasteiger partial charge is 0.481 e. The smallest absolute Gasteiger partial charge is 0.303 e. The van der Waals surface area contributed by atoms with E-state index in [0.717, 1.165) is 56.3 Å². The van der Waals surface area contributed by atoms with Gasteiger partial charge in [0.05, 0.1) is 6.42 Å². The third-order valence-corrected chi connectivity index (χ3v) is 6.41. The number of carbonyl (C=O) groups is 2. The minimum absolute atomic E-state index is 0.0721. The molecule has 4 rings (SSSR count). The zero-order valence-electron chi connectivity index (χ0n) is 22.0. The zero-order chi connectivity index (χ0) is 26.5. The average molecular weight is 518 g/mol. The Morgan fingerprint density at radius 1 is 1.03 bits per heavy atom. The maximum Gasteiger partial charge on any atom is 0.303 e. The van der Waals surface area contributed by atoms with Gasteiger partial charge in [-0.2, -0.15) is 0 Å². The van der Waals surface area contributed by atoms with Crippen LogP contribution < -0.4 is 9.80 Å². The number of amides is 1. The molecule has 1 amide bonds. The maximum atomic E-state index is 12.0. The van der Waals surface area contributed by atoms with Gasteiger partial charge in [-0.25, -0.2) is 0 Å². The van der Waals surface area contributed by atoms with Crippen LogP contribution in [-0.4, -0.2) is 75.4 Å². The third kappa shape index (κ3) is 9.80. The van der Waals surface area contributed by atoms with E-state index in [1.165, 1.54) is 16.8 Å². The molecule has 0 saturated carbocycles. The molecule has 0 unspecified atom stereocenters. The van der Waals surface area contributed by atoms with Crippen molar-refractivity contribution in [2.75, 3.05) is 63.3 Å². The van der Waals surface area contributed by atoms with Crippen LogP contribution in [0, 0.1) is 6.92 Å². The van der Waals surface area contributed by atoms with Crippen molar-refractivity contribution in [3.05, 3.63) is 58.6 Å². The first-order chi connectivity index (χ1) is 17.2. The van der Waals surface area contributed by atoms with Crippen LogP contribution in [-0.2, 0) is 20.7 Å². The molecular weight excluding hydrogens is 478 g/mol. The Bertz CT molecular complexity index is 975. The van der Waals surface area contributed by atoms with Crippen LogP contribution in [0.25, 0.3) is 0 Å². The van der Waals surface area contributed by atoms with Crippen molar-refractivity contribution in [1.82, 2.24) is 4.90 Å². The van der Waals surface area contributed by atoms with Gasteiger partial charge in [0.1, 0.15) is 0 Å². The summed E-state index contributed by atoms with van der Waals surface area (Å²) in [4.78, 5) is 29.0. The fourth-order valence-corrected chi connectivity index (χ4v) is 4.26. The second-order valence-electron chi connectivity index (χ2n) is 9.02. The van der Waals surface area contributed by atoms with Gasteiger partial charge in [-0.05, 0) is 63.6 Å². The molecule has 0 aromatic heterocycles. The average Bonchev–Trinajstić information content (AvgIpc) is 2.87. The highest BCUT2D eigenvalue weighted by atomic mass is 35.5. The number of anilines is 2. The number of nitrogens with zero attached hydrogens (tertiary/aromatic N) is 3. The van der Waals surface area contributed by atoms with Crippen molar-refractivity contribution in [2.45, 2.75) is 39.5 Å². The molecule has 36 heavy (non-hydrogen) atoms. The van der Waals surface area contributed by atoms with Crippen LogP contribution in [0.4, 0.5) is 11.4 Å². The van der Waals surface area contributed by atoms with Crippen molar-refractivity contribution in [3.8, 4) is 0 Å². The van der Waals surface area contributed by atoms with Crippen LogP contribution in [0.2, 0.25) is 5.02 Å². The van der Waals surface area contributed by atoms with E-state index in [4.69, 9.17) is 16.7 Å². The van der Waals surface area contributed by atoms with Crippen LogP contribution in [0.3, 0.4) is 0 Å². The van der Waals surface area contributed by atoms with Gasteiger partial charge in [-0.3, -0.25) is 9.59 Å². The van der Waals surface area contributed by atoms with E-state index in [2.05, 4.69) is 33.7 Å². The highest BCUT2D eigenvalue weighted by Gasteiger charge is 2.22. The van der Waals surface area contributed by atoms with Crippen molar-refractivity contribution in [1.29, 1.82) is 0 Å². The molecule has 1 fully saturated rings. The molecule has 1 saturated heterocycles. The first kappa shape index (κ1) is 29.6. The number of methoxy groups -OCH3 is 1. The summed E-state index contributed by atoms with van der Waals surface area (Å²) in [5.74, 6) is -1.02. The minimum atomic E-state index is -0.926. The topological polar surface area (TPSA) is 73.3 Å². The molecular formula is C28H40ClN3O4. The first-order valence-electron chi connectivity index (χ1n) is 12.5. The summed E-state index contributed by atoms with van der Waals surface area (Å²) < 4.78 is 4.54. The maximum absolute atomic E-state index is 12.0. The number of benzene rings is 2. The van der Waals surface area contributed by atoms with Crippen LogP contribution in [0.5, 0.6) is 0 Å². The lowest BCUT2D eigenvalue weighted by Gasteiger charge is -2.34. The van der Waals surface area contributed by atoms with Crippen molar-refractivity contribution in [3.63, 3.8) is 0 Å². The molecule has 198 valence electrons. The molecule has 8 heteroatoms. The van der Waals surface area contributed by atoms with E-state index in [9.17, 15) is 9.59 Å². The molecule has 2 aliphatic heterocycles. The lowest BCUT2D eigenvalue weighted by atomic mass is 9.99. The molecule has 2 aromatic rings. The fourth-order valence-electron chi connectivity index (χ4n) is 4.07. The number of likely N-dealkylation sites (N-methyl/N-ethyl adjacent to an activating group) is 1. The van der Waals surface area contributed by atoms with Crippen molar-refractivity contribution >= 4 is 34.9 Å². The number of carbonyl (C=O) groups excluding carboxylic acids is 1. The number of hydrogen-bond acceptors (Lipinski definition) is 5. The van der Waals surface area contributed by atoms with E-state index >= 15 is 0 Å². The second kappa shape index (κ2) is 15.5. The molecule has 0 spiro atoms. The number of aryl methyl sites for hydroxylation is 2. The van der Waals surface area contributed by atoms with E-state index in [1.807, 2.05) is 44.2 Å². The standard InChI is InChI=1S/C14H17NO3.C11H15ClN2.C3H8O/c1-10-4-5-12-11(9-10)3-2-8-15(12)13(16)6-7-14(17)18;1-13-5-7-14(8-6-13)11-4-2-3-10(12)9-11;1-3-4-2/h4-5,9H,2-3,6-8H2,1H3,(H,17,18);2-4,9H,5-8H2,1H3;3H2,1-2H3. The third-order valence-electron chi connectivity index (χ3n) is 6.17. The Balaban J connectivity index is 0.000000226. The number of aliphatic carboxylic acids is 1. The van der Waals surface area contributed by atoms with Crippen LogP contribution in [0.1, 0.15) is 37.3 Å². The molecule has 1 N–H and O–H groups in total. The monoisotopic (exact) mass is 517 g/mol. The molecule has 2 heterocycles. The van der Waals surface area contributed by atoms with Crippen molar-refractivity contribution in [2.24, 2.45) is 0 Å². The predicted octanol–water partition coefficient (Wildman–Crippen LogP) is 4.88. The Labute approximate surface area is 220 Å². The second-order valence-corrected chi connectivity index (χ2v) is 9.46. The lowest BCUT2D eigenvalue weighted by Crippen LogP contribution is -2.44. The van der Waals surface area contributed by atoms with Gasteiger partial charge in [0.15, 0.2) is 0 Å². The molecule has 2 aliphatic rings. The van der Waals surface area contributed by atoms with Gasteiger partial charge < -0.3 is 24.5 Å². The van der Waals surface area contributed by atoms with Crippen LogP contribution >= 0.6 is 11.6 Å². The lowest BCUT2D eigenvalue weighted by molar-refractivity contribution is -0.138. The van der Waals surface area contributed by atoms with Gasteiger partial charge in [0.2, 0.25) is 5.91 Å². The first-order valence-corrected chi connectivity index (χ1v) is 12.9. The Hall–Kier alpha value is -2.61. The van der Waals surface area contributed by atoms with Crippen LogP contribution in [0.15, 0.2) is 42.5 Å². The normalized spacial score (nSPS) is 15.1. The van der Waals surface area contributed by atoms with Gasteiger partial charge in [0, 0.05) is 69.3 Å². The molecule has 0 bridgehead atoms. The number of halogens is 1. The number of ether oxygens (including phenoxy) is 1. The summed E-state index contributed by atoms with van der Waals surface area (Å²) in [6.07, 6.45) is 1.90. The molecule has 0 atom stereocenters.